The van der Waals surface area contributed by atoms with Gasteiger partial charge in [-0.25, -0.2) is 4.79 Å². The smallest absolute Gasteiger partial charge is 0.408 e. The van der Waals surface area contributed by atoms with E-state index in [1.165, 1.54) is 6.92 Å². The predicted octanol–water partition coefficient (Wildman–Crippen LogP) is 3.31. The number of ether oxygens (including phenoxy) is 2. The molecule has 0 spiro atoms. The summed E-state index contributed by atoms with van der Waals surface area (Å²) in [5.41, 5.74) is -2.91. The van der Waals surface area contributed by atoms with Crippen LogP contribution in [0.15, 0.2) is 24.3 Å². The SMILES string of the molecule is CCOC(=O)[C@](C)(C[C@]1(NC(=O)OC(C)(C)C)C=CC=CC1)C(C)=O. The van der Waals surface area contributed by atoms with E-state index in [0.717, 1.165) is 0 Å². The van der Waals surface area contributed by atoms with Crippen molar-refractivity contribution in [3.8, 4) is 0 Å². The lowest BCUT2D eigenvalue weighted by molar-refractivity contribution is -0.160. The maximum absolute atomic E-state index is 12.4. The molecule has 0 radical (unpaired) electrons. The van der Waals surface area contributed by atoms with Gasteiger partial charge in [-0.15, -0.1) is 0 Å². The Morgan fingerprint density at radius 2 is 1.80 bits per heavy atom. The van der Waals surface area contributed by atoms with E-state index < -0.39 is 28.6 Å². The molecule has 1 N–H and O–H groups in total. The van der Waals surface area contributed by atoms with Gasteiger partial charge in [-0.3, -0.25) is 9.59 Å². The zero-order valence-corrected chi connectivity index (χ0v) is 16.0. The maximum Gasteiger partial charge on any atom is 0.408 e. The summed E-state index contributed by atoms with van der Waals surface area (Å²) in [5.74, 6) is -0.893. The summed E-state index contributed by atoms with van der Waals surface area (Å²) in [6.07, 6.45) is 7.25. The van der Waals surface area contributed by atoms with Crippen LogP contribution in [0.3, 0.4) is 0 Å². The fourth-order valence-corrected chi connectivity index (χ4v) is 2.70. The van der Waals surface area contributed by atoms with E-state index in [-0.39, 0.29) is 18.8 Å². The molecule has 1 amide bonds. The Morgan fingerprint density at radius 3 is 2.24 bits per heavy atom. The van der Waals surface area contributed by atoms with Gasteiger partial charge in [-0.05, 0) is 54.4 Å². The molecular weight excluding hydrogens is 322 g/mol. The summed E-state index contributed by atoms with van der Waals surface area (Å²) in [6.45, 7) is 10.1. The van der Waals surface area contributed by atoms with Crippen LogP contribution in [-0.2, 0) is 19.1 Å². The number of ketones is 1. The number of allylic oxidation sites excluding steroid dienone is 2. The molecule has 140 valence electrons. The van der Waals surface area contributed by atoms with Crippen LogP contribution in [0.4, 0.5) is 4.79 Å². The minimum Gasteiger partial charge on any atom is -0.465 e. The van der Waals surface area contributed by atoms with E-state index in [2.05, 4.69) is 5.32 Å². The third kappa shape index (κ3) is 5.73. The lowest BCUT2D eigenvalue weighted by atomic mass is 9.72. The van der Waals surface area contributed by atoms with Gasteiger partial charge in [0.1, 0.15) is 16.8 Å². The molecule has 0 aromatic rings. The number of nitrogens with one attached hydrogen (secondary N) is 1. The minimum atomic E-state index is -1.36. The van der Waals surface area contributed by atoms with Crippen LogP contribution in [0.5, 0.6) is 0 Å². The lowest BCUT2D eigenvalue weighted by Gasteiger charge is -2.38. The van der Waals surface area contributed by atoms with Crippen molar-refractivity contribution in [2.24, 2.45) is 5.41 Å². The van der Waals surface area contributed by atoms with E-state index in [1.807, 2.05) is 12.2 Å². The molecular formula is C19H29NO5. The largest absolute Gasteiger partial charge is 0.465 e. The highest BCUT2D eigenvalue weighted by molar-refractivity contribution is 6.02. The molecule has 0 aliphatic heterocycles. The van der Waals surface area contributed by atoms with Gasteiger partial charge in [0.25, 0.3) is 0 Å². The molecule has 2 atom stereocenters. The zero-order chi connectivity index (χ0) is 19.3. The number of carbonyl (C=O) groups is 3. The summed E-state index contributed by atoms with van der Waals surface area (Å²) >= 11 is 0. The quantitative estimate of drug-likeness (QED) is 0.586. The van der Waals surface area contributed by atoms with Crippen molar-refractivity contribution in [2.75, 3.05) is 6.61 Å². The van der Waals surface area contributed by atoms with Crippen LogP contribution < -0.4 is 5.32 Å². The Kier molecular flexibility index (Phi) is 6.57. The molecule has 0 saturated carbocycles. The first-order chi connectivity index (χ1) is 11.4. The third-order valence-electron chi connectivity index (χ3n) is 4.07. The van der Waals surface area contributed by atoms with Crippen LogP contribution in [0, 0.1) is 5.41 Å². The molecule has 1 rings (SSSR count). The second-order valence-electron chi connectivity index (χ2n) is 7.56. The van der Waals surface area contributed by atoms with Crippen molar-refractivity contribution >= 4 is 17.8 Å². The summed E-state index contributed by atoms with van der Waals surface area (Å²) in [7, 11) is 0. The fourth-order valence-electron chi connectivity index (χ4n) is 2.70. The second-order valence-corrected chi connectivity index (χ2v) is 7.56. The molecule has 0 unspecified atom stereocenters. The van der Waals surface area contributed by atoms with Crippen molar-refractivity contribution in [3.63, 3.8) is 0 Å². The van der Waals surface area contributed by atoms with Gasteiger partial charge in [0.2, 0.25) is 0 Å². The molecule has 6 nitrogen and oxygen atoms in total. The maximum atomic E-state index is 12.4. The monoisotopic (exact) mass is 351 g/mol. The normalized spacial score (nSPS) is 22.0. The molecule has 0 aromatic heterocycles. The Bertz CT molecular complexity index is 587. The topological polar surface area (TPSA) is 81.7 Å². The molecule has 0 aromatic carbocycles. The Labute approximate surface area is 149 Å². The van der Waals surface area contributed by atoms with Gasteiger partial charge in [0.15, 0.2) is 0 Å². The standard InChI is InChI=1S/C19H29NO5/c1-7-24-15(22)18(6,14(2)21)13-19(11-9-8-10-12-19)20-16(23)25-17(3,4)5/h8-11H,7,12-13H2,1-6H3,(H,20,23)/t18-,19+/m1/s1. The molecule has 1 aliphatic rings. The highest BCUT2D eigenvalue weighted by Crippen LogP contribution is 2.36. The number of rotatable bonds is 6. The van der Waals surface area contributed by atoms with Crippen LogP contribution >= 0.6 is 0 Å². The number of alkyl carbamates (subject to hydrolysis) is 1. The van der Waals surface area contributed by atoms with Crippen molar-refractivity contribution < 1.29 is 23.9 Å². The second kappa shape index (κ2) is 7.85. The van der Waals surface area contributed by atoms with Gasteiger partial charge < -0.3 is 14.8 Å². The molecule has 25 heavy (non-hydrogen) atoms. The number of esters is 1. The molecule has 0 fully saturated rings. The first-order valence-corrected chi connectivity index (χ1v) is 8.48. The number of carbonyl (C=O) groups excluding carboxylic acids is 3. The Balaban J connectivity index is 3.11. The number of amides is 1. The number of hydrogen-bond donors (Lipinski definition) is 1. The van der Waals surface area contributed by atoms with Crippen LogP contribution in [0.2, 0.25) is 0 Å². The Hall–Kier alpha value is -2.11. The fraction of sp³-hybridized carbons (Fsp3) is 0.632. The molecule has 6 heteroatoms. The van der Waals surface area contributed by atoms with E-state index in [1.54, 1.807) is 46.8 Å². The first-order valence-electron chi connectivity index (χ1n) is 8.48. The molecule has 0 saturated heterocycles. The van der Waals surface area contributed by atoms with E-state index in [0.29, 0.717) is 6.42 Å². The highest BCUT2D eigenvalue weighted by atomic mass is 16.6. The predicted molar refractivity (Wildman–Crippen MR) is 95.0 cm³/mol. The summed E-state index contributed by atoms with van der Waals surface area (Å²) in [4.78, 5) is 36.9. The van der Waals surface area contributed by atoms with Crippen molar-refractivity contribution in [2.45, 2.75) is 65.5 Å². The van der Waals surface area contributed by atoms with Gasteiger partial charge in [0, 0.05) is 0 Å². The highest BCUT2D eigenvalue weighted by Gasteiger charge is 2.47. The van der Waals surface area contributed by atoms with Crippen molar-refractivity contribution in [1.29, 1.82) is 0 Å². The average molecular weight is 351 g/mol. The minimum absolute atomic E-state index is 0.0915. The van der Waals surface area contributed by atoms with Crippen molar-refractivity contribution in [1.82, 2.24) is 5.32 Å². The first kappa shape index (κ1) is 20.9. The van der Waals surface area contributed by atoms with Crippen LogP contribution in [0.1, 0.15) is 54.4 Å². The van der Waals surface area contributed by atoms with Crippen molar-refractivity contribution in [3.05, 3.63) is 24.3 Å². The van der Waals surface area contributed by atoms with Gasteiger partial charge >= 0.3 is 12.1 Å². The van der Waals surface area contributed by atoms with Gasteiger partial charge in [0.05, 0.1) is 12.1 Å². The molecule has 0 heterocycles. The van der Waals surface area contributed by atoms with Gasteiger partial charge in [-0.1, -0.05) is 24.3 Å². The van der Waals surface area contributed by atoms with Gasteiger partial charge in [-0.2, -0.15) is 0 Å². The number of hydrogen-bond acceptors (Lipinski definition) is 5. The third-order valence-corrected chi connectivity index (χ3v) is 4.07. The van der Waals surface area contributed by atoms with E-state index in [4.69, 9.17) is 9.47 Å². The zero-order valence-electron chi connectivity index (χ0n) is 16.0. The van der Waals surface area contributed by atoms with E-state index >= 15 is 0 Å². The summed E-state index contributed by atoms with van der Waals surface area (Å²) < 4.78 is 10.4. The average Bonchev–Trinajstić information content (AvgIpc) is 2.45. The summed E-state index contributed by atoms with van der Waals surface area (Å²) in [6, 6.07) is 0. The Morgan fingerprint density at radius 1 is 1.16 bits per heavy atom. The number of Topliss-reactive ketones (excluding diaryl/α,β-unsaturated/α-hetero) is 1. The van der Waals surface area contributed by atoms with Crippen LogP contribution in [-0.4, -0.2) is 35.6 Å². The summed E-state index contributed by atoms with van der Waals surface area (Å²) in [5, 5.41) is 2.84. The van der Waals surface area contributed by atoms with Crippen LogP contribution in [0.25, 0.3) is 0 Å². The molecule has 1 aliphatic carbocycles. The molecule has 0 bridgehead atoms. The lowest BCUT2D eigenvalue weighted by Crippen LogP contribution is -2.54. The van der Waals surface area contributed by atoms with E-state index in [9.17, 15) is 14.4 Å².